The Morgan fingerprint density at radius 1 is 1.35 bits per heavy atom. The summed E-state index contributed by atoms with van der Waals surface area (Å²) in [6.07, 6.45) is 7.01. The second-order valence-corrected chi connectivity index (χ2v) is 8.66. The van der Waals surface area contributed by atoms with Crippen LogP contribution < -0.4 is 5.32 Å². The molecule has 120 valence electrons. The number of nitrogens with zero attached hydrogens (tertiary/aromatic N) is 1. The molecule has 0 amide bonds. The largest absolute Gasteiger partial charge is 0.316 e. The van der Waals surface area contributed by atoms with Crippen LogP contribution in [0.3, 0.4) is 0 Å². The van der Waals surface area contributed by atoms with E-state index in [2.05, 4.69) is 26.1 Å². The van der Waals surface area contributed by atoms with E-state index < -0.39 is 10.0 Å². The average Bonchev–Trinajstić information content (AvgIpc) is 2.36. The molecule has 0 aromatic carbocycles. The molecule has 1 fully saturated rings. The van der Waals surface area contributed by atoms with Crippen molar-refractivity contribution in [3.63, 3.8) is 0 Å². The van der Waals surface area contributed by atoms with Crippen molar-refractivity contribution in [2.45, 2.75) is 52.9 Å². The summed E-state index contributed by atoms with van der Waals surface area (Å²) in [5.41, 5.74) is 0.288. The molecule has 1 rings (SSSR count). The van der Waals surface area contributed by atoms with Gasteiger partial charge < -0.3 is 5.32 Å². The van der Waals surface area contributed by atoms with Crippen molar-refractivity contribution >= 4 is 10.0 Å². The van der Waals surface area contributed by atoms with Gasteiger partial charge in [-0.05, 0) is 43.6 Å². The first kappa shape index (κ1) is 17.9. The molecule has 1 N–H and O–H groups in total. The van der Waals surface area contributed by atoms with Crippen molar-refractivity contribution in [2.75, 3.05) is 32.4 Å². The van der Waals surface area contributed by atoms with Crippen LogP contribution in [0.1, 0.15) is 52.9 Å². The molecule has 0 bridgehead atoms. The summed E-state index contributed by atoms with van der Waals surface area (Å²) in [7, 11) is -3.03. The molecule has 2 atom stereocenters. The fourth-order valence-electron chi connectivity index (χ4n) is 3.48. The summed E-state index contributed by atoms with van der Waals surface area (Å²) in [6, 6.07) is 0. The van der Waals surface area contributed by atoms with Gasteiger partial charge in [0.1, 0.15) is 0 Å². The summed E-state index contributed by atoms with van der Waals surface area (Å²) < 4.78 is 25.1. The van der Waals surface area contributed by atoms with Gasteiger partial charge in [-0.25, -0.2) is 12.7 Å². The molecular formula is C15H32N2O2S. The first-order chi connectivity index (χ1) is 9.30. The van der Waals surface area contributed by atoms with Crippen LogP contribution in [0.5, 0.6) is 0 Å². The van der Waals surface area contributed by atoms with Gasteiger partial charge in [0.15, 0.2) is 0 Å². The van der Waals surface area contributed by atoms with E-state index >= 15 is 0 Å². The Bertz CT molecular complexity index is 383. The van der Waals surface area contributed by atoms with Gasteiger partial charge in [-0.1, -0.05) is 27.2 Å². The van der Waals surface area contributed by atoms with Gasteiger partial charge in [-0.15, -0.1) is 0 Å². The summed E-state index contributed by atoms with van der Waals surface area (Å²) in [4.78, 5) is 0. The Balaban J connectivity index is 2.63. The molecule has 20 heavy (non-hydrogen) atoms. The molecule has 0 spiro atoms. The molecule has 2 unspecified atom stereocenters. The highest BCUT2D eigenvalue weighted by atomic mass is 32.2. The highest BCUT2D eigenvalue weighted by molar-refractivity contribution is 7.88. The van der Waals surface area contributed by atoms with Crippen molar-refractivity contribution in [3.05, 3.63) is 0 Å². The van der Waals surface area contributed by atoms with E-state index in [9.17, 15) is 8.42 Å². The van der Waals surface area contributed by atoms with Crippen molar-refractivity contribution in [1.29, 1.82) is 0 Å². The minimum Gasteiger partial charge on any atom is -0.316 e. The van der Waals surface area contributed by atoms with Gasteiger partial charge >= 0.3 is 0 Å². The lowest BCUT2D eigenvalue weighted by atomic mass is 9.75. The highest BCUT2D eigenvalue weighted by Gasteiger charge is 2.32. The van der Waals surface area contributed by atoms with E-state index in [-0.39, 0.29) is 5.41 Å². The van der Waals surface area contributed by atoms with Crippen LogP contribution in [0.2, 0.25) is 0 Å². The van der Waals surface area contributed by atoms with Crippen LogP contribution >= 0.6 is 0 Å². The van der Waals surface area contributed by atoms with Crippen LogP contribution in [0.25, 0.3) is 0 Å². The molecule has 0 aromatic rings. The maximum Gasteiger partial charge on any atom is 0.211 e. The van der Waals surface area contributed by atoms with E-state index in [1.165, 1.54) is 19.1 Å². The van der Waals surface area contributed by atoms with E-state index in [1.807, 2.05) is 0 Å². The third kappa shape index (κ3) is 5.70. The third-order valence-electron chi connectivity index (χ3n) is 4.39. The van der Waals surface area contributed by atoms with Crippen LogP contribution in [0.4, 0.5) is 0 Å². The monoisotopic (exact) mass is 304 g/mol. The second-order valence-electron chi connectivity index (χ2n) is 6.67. The summed E-state index contributed by atoms with van der Waals surface area (Å²) >= 11 is 0. The minimum atomic E-state index is -3.03. The maximum absolute atomic E-state index is 11.7. The average molecular weight is 304 g/mol. The number of hydrogen-bond acceptors (Lipinski definition) is 3. The van der Waals surface area contributed by atoms with Crippen molar-refractivity contribution in [1.82, 2.24) is 9.62 Å². The van der Waals surface area contributed by atoms with E-state index in [0.717, 1.165) is 32.4 Å². The van der Waals surface area contributed by atoms with Crippen molar-refractivity contribution in [2.24, 2.45) is 11.3 Å². The summed E-state index contributed by atoms with van der Waals surface area (Å²) in [6.45, 7) is 10.2. The maximum atomic E-state index is 11.7. The Morgan fingerprint density at radius 3 is 2.60 bits per heavy atom. The lowest BCUT2D eigenvalue weighted by Gasteiger charge is -2.38. The lowest BCUT2D eigenvalue weighted by molar-refractivity contribution is 0.163. The molecule has 1 aliphatic heterocycles. The molecule has 0 aromatic heterocycles. The standard InChI is InChI=1S/C15H32N2O2S/c1-5-9-15(3,13-16-6-2)11-14-8-7-10-17(12-14)20(4,18)19/h14,16H,5-13H2,1-4H3. The summed E-state index contributed by atoms with van der Waals surface area (Å²) in [5, 5.41) is 3.47. The Labute approximate surface area is 125 Å². The first-order valence-electron chi connectivity index (χ1n) is 7.96. The highest BCUT2D eigenvalue weighted by Crippen LogP contribution is 2.34. The minimum absolute atomic E-state index is 0.288. The molecule has 1 aliphatic rings. The fourth-order valence-corrected chi connectivity index (χ4v) is 4.43. The molecule has 5 heteroatoms. The van der Waals surface area contributed by atoms with Gasteiger partial charge in [-0.3, -0.25) is 0 Å². The molecule has 0 saturated carbocycles. The SMILES string of the molecule is CCCC(C)(CNCC)CC1CCCN(S(C)(=O)=O)C1. The number of rotatable bonds is 8. The van der Waals surface area contributed by atoms with Crippen LogP contribution in [-0.4, -0.2) is 45.2 Å². The fraction of sp³-hybridized carbons (Fsp3) is 1.00. The van der Waals surface area contributed by atoms with Crippen LogP contribution in [0.15, 0.2) is 0 Å². The van der Waals surface area contributed by atoms with E-state index in [1.54, 1.807) is 4.31 Å². The lowest BCUT2D eigenvalue weighted by Crippen LogP contribution is -2.42. The number of nitrogens with one attached hydrogen (secondary N) is 1. The van der Waals surface area contributed by atoms with Gasteiger partial charge in [0.2, 0.25) is 10.0 Å². The molecule has 0 radical (unpaired) electrons. The predicted octanol–water partition coefficient (Wildman–Crippen LogP) is 2.46. The van der Waals surface area contributed by atoms with Gasteiger partial charge in [0.05, 0.1) is 6.26 Å². The predicted molar refractivity (Wildman–Crippen MR) is 85.3 cm³/mol. The summed E-state index contributed by atoms with van der Waals surface area (Å²) in [5.74, 6) is 0.508. The van der Waals surface area contributed by atoms with Gasteiger partial charge in [0, 0.05) is 19.6 Å². The Kier molecular flexibility index (Phi) is 6.95. The normalized spacial score (nSPS) is 24.5. The molecule has 1 saturated heterocycles. The van der Waals surface area contributed by atoms with Gasteiger partial charge in [0.25, 0.3) is 0 Å². The topological polar surface area (TPSA) is 49.4 Å². The Hall–Kier alpha value is -0.130. The van der Waals surface area contributed by atoms with Crippen molar-refractivity contribution < 1.29 is 8.42 Å². The molecule has 0 aliphatic carbocycles. The molecule has 4 nitrogen and oxygen atoms in total. The van der Waals surface area contributed by atoms with Gasteiger partial charge in [-0.2, -0.15) is 0 Å². The van der Waals surface area contributed by atoms with E-state index in [0.29, 0.717) is 19.0 Å². The smallest absolute Gasteiger partial charge is 0.211 e. The first-order valence-corrected chi connectivity index (χ1v) is 9.81. The van der Waals surface area contributed by atoms with Crippen molar-refractivity contribution in [3.8, 4) is 0 Å². The third-order valence-corrected chi connectivity index (χ3v) is 5.66. The van der Waals surface area contributed by atoms with Crippen LogP contribution in [-0.2, 0) is 10.0 Å². The zero-order chi connectivity index (χ0) is 15.2. The molecule has 1 heterocycles. The number of piperidine rings is 1. The molecular weight excluding hydrogens is 272 g/mol. The quantitative estimate of drug-likeness (QED) is 0.749. The van der Waals surface area contributed by atoms with Crippen LogP contribution in [0, 0.1) is 11.3 Å². The number of hydrogen-bond donors (Lipinski definition) is 1. The Morgan fingerprint density at radius 2 is 2.05 bits per heavy atom. The van der Waals surface area contributed by atoms with E-state index in [4.69, 9.17) is 0 Å². The zero-order valence-corrected chi connectivity index (χ0v) is 14.4. The second kappa shape index (κ2) is 7.76. The number of sulfonamides is 1. The zero-order valence-electron chi connectivity index (χ0n) is 13.6.